The Kier molecular flexibility index (Phi) is 6.50. The number of halogens is 2. The molecule has 0 spiro atoms. The van der Waals surface area contributed by atoms with E-state index < -0.39 is 26.3 Å². The normalized spacial score (nSPS) is 12.1. The molecule has 0 radical (unpaired) electrons. The fourth-order valence-electron chi connectivity index (χ4n) is 2.40. The summed E-state index contributed by atoms with van der Waals surface area (Å²) in [5.41, 5.74) is 0.812. The molecule has 0 aromatic heterocycles. The van der Waals surface area contributed by atoms with Crippen molar-refractivity contribution in [1.82, 2.24) is 0 Å². The molecule has 0 amide bonds. The van der Waals surface area contributed by atoms with Crippen molar-refractivity contribution >= 4 is 25.4 Å². The molecule has 0 fully saturated rings. The third-order valence-corrected chi connectivity index (χ3v) is 5.95. The SMILES string of the molecule is COc1cc(CNc2ccc(S(C)(=O)=O)cc2S(C)(=O)=O)ccc1OC(F)F. The lowest BCUT2D eigenvalue weighted by atomic mass is 10.2. The van der Waals surface area contributed by atoms with Crippen molar-refractivity contribution in [3.05, 3.63) is 42.0 Å². The minimum atomic E-state index is -3.71. The van der Waals surface area contributed by atoms with Crippen LogP contribution in [0.15, 0.2) is 46.2 Å². The summed E-state index contributed by atoms with van der Waals surface area (Å²) in [6.45, 7) is -2.87. The summed E-state index contributed by atoms with van der Waals surface area (Å²) in [5, 5.41) is 2.91. The molecule has 1 N–H and O–H groups in total. The Labute approximate surface area is 162 Å². The molecule has 28 heavy (non-hydrogen) atoms. The van der Waals surface area contributed by atoms with E-state index in [1.807, 2.05) is 0 Å². The van der Waals surface area contributed by atoms with Crippen LogP contribution < -0.4 is 14.8 Å². The van der Waals surface area contributed by atoms with Crippen LogP contribution in [0.2, 0.25) is 0 Å². The first-order valence-electron chi connectivity index (χ1n) is 7.81. The van der Waals surface area contributed by atoms with Crippen LogP contribution in [0.5, 0.6) is 11.5 Å². The van der Waals surface area contributed by atoms with Gasteiger partial charge in [0.25, 0.3) is 0 Å². The van der Waals surface area contributed by atoms with Crippen molar-refractivity contribution in [2.24, 2.45) is 0 Å². The van der Waals surface area contributed by atoms with Gasteiger partial charge in [0.1, 0.15) is 0 Å². The van der Waals surface area contributed by atoms with Crippen LogP contribution >= 0.6 is 0 Å². The van der Waals surface area contributed by atoms with Crippen molar-refractivity contribution in [2.75, 3.05) is 24.9 Å². The van der Waals surface area contributed by atoms with Gasteiger partial charge in [-0.25, -0.2) is 16.8 Å². The summed E-state index contributed by atoms with van der Waals surface area (Å²) < 4.78 is 81.6. The molecule has 0 aliphatic carbocycles. The van der Waals surface area contributed by atoms with Gasteiger partial charge in [-0.1, -0.05) is 6.07 Å². The van der Waals surface area contributed by atoms with Gasteiger partial charge in [0.05, 0.1) is 22.6 Å². The molecule has 2 rings (SSSR count). The number of methoxy groups -OCH3 is 1. The summed E-state index contributed by atoms with van der Waals surface area (Å²) >= 11 is 0. The first-order valence-corrected chi connectivity index (χ1v) is 11.6. The second kappa shape index (κ2) is 8.31. The van der Waals surface area contributed by atoms with E-state index in [1.54, 1.807) is 0 Å². The number of anilines is 1. The van der Waals surface area contributed by atoms with Gasteiger partial charge < -0.3 is 14.8 Å². The van der Waals surface area contributed by atoms with Crippen LogP contribution in [-0.2, 0) is 26.2 Å². The highest BCUT2D eigenvalue weighted by Gasteiger charge is 2.18. The van der Waals surface area contributed by atoms with Gasteiger partial charge in [-0.05, 0) is 35.9 Å². The van der Waals surface area contributed by atoms with Gasteiger partial charge in [-0.15, -0.1) is 0 Å². The predicted molar refractivity (Wildman–Crippen MR) is 99.6 cm³/mol. The molecule has 2 aromatic carbocycles. The predicted octanol–water partition coefficient (Wildman–Crippen LogP) is 2.72. The fourth-order valence-corrected chi connectivity index (χ4v) is 4.00. The van der Waals surface area contributed by atoms with Crippen molar-refractivity contribution < 1.29 is 35.1 Å². The molecule has 0 atom stereocenters. The zero-order valence-electron chi connectivity index (χ0n) is 15.3. The Morgan fingerprint density at radius 2 is 1.64 bits per heavy atom. The number of rotatable bonds is 8. The molecule has 0 aliphatic heterocycles. The molecule has 0 bridgehead atoms. The van der Waals surface area contributed by atoms with Crippen LogP contribution in [0.4, 0.5) is 14.5 Å². The average molecular weight is 435 g/mol. The first-order chi connectivity index (χ1) is 12.9. The minimum Gasteiger partial charge on any atom is -0.493 e. The van der Waals surface area contributed by atoms with E-state index in [2.05, 4.69) is 10.1 Å². The minimum absolute atomic E-state index is 0.0929. The van der Waals surface area contributed by atoms with Crippen molar-refractivity contribution in [3.63, 3.8) is 0 Å². The van der Waals surface area contributed by atoms with Gasteiger partial charge in [-0.2, -0.15) is 8.78 Å². The van der Waals surface area contributed by atoms with Crippen LogP contribution in [-0.4, -0.2) is 43.1 Å². The number of ether oxygens (including phenoxy) is 2. The third-order valence-electron chi connectivity index (χ3n) is 3.71. The molecule has 0 saturated heterocycles. The maximum absolute atomic E-state index is 12.4. The topological polar surface area (TPSA) is 98.8 Å². The Balaban J connectivity index is 2.32. The molecular weight excluding hydrogens is 416 g/mol. The molecule has 154 valence electrons. The van der Waals surface area contributed by atoms with E-state index >= 15 is 0 Å². The van der Waals surface area contributed by atoms with E-state index in [0.29, 0.717) is 5.56 Å². The maximum Gasteiger partial charge on any atom is 0.387 e. The molecule has 2 aromatic rings. The highest BCUT2D eigenvalue weighted by Crippen LogP contribution is 2.30. The number of alkyl halides is 2. The van der Waals surface area contributed by atoms with Gasteiger partial charge >= 0.3 is 6.61 Å². The lowest BCUT2D eigenvalue weighted by molar-refractivity contribution is -0.0512. The largest absolute Gasteiger partial charge is 0.493 e. The monoisotopic (exact) mass is 435 g/mol. The summed E-state index contributed by atoms with van der Waals surface area (Å²) in [6.07, 6.45) is 1.95. The zero-order valence-corrected chi connectivity index (χ0v) is 16.9. The lowest BCUT2D eigenvalue weighted by Gasteiger charge is -2.14. The molecule has 0 heterocycles. The van der Waals surface area contributed by atoms with E-state index in [9.17, 15) is 25.6 Å². The maximum atomic E-state index is 12.4. The Hall–Kier alpha value is -2.40. The average Bonchev–Trinajstić information content (AvgIpc) is 2.58. The fraction of sp³-hybridized carbons (Fsp3) is 0.294. The highest BCUT2D eigenvalue weighted by atomic mass is 32.2. The van der Waals surface area contributed by atoms with Crippen LogP contribution in [0.1, 0.15) is 5.56 Å². The molecule has 11 heteroatoms. The van der Waals surface area contributed by atoms with E-state index in [0.717, 1.165) is 18.6 Å². The lowest BCUT2D eigenvalue weighted by Crippen LogP contribution is -2.09. The summed E-state index contributed by atoms with van der Waals surface area (Å²) in [5.74, 6) is -0.0362. The summed E-state index contributed by atoms with van der Waals surface area (Å²) in [4.78, 5) is -0.284. The number of hydrogen-bond donors (Lipinski definition) is 1. The number of nitrogens with one attached hydrogen (secondary N) is 1. The van der Waals surface area contributed by atoms with Crippen LogP contribution in [0.25, 0.3) is 0 Å². The van der Waals surface area contributed by atoms with Crippen molar-refractivity contribution in [3.8, 4) is 11.5 Å². The molecule has 7 nitrogen and oxygen atoms in total. The van der Waals surface area contributed by atoms with Gasteiger partial charge in [-0.3, -0.25) is 0 Å². The number of sulfone groups is 2. The van der Waals surface area contributed by atoms with E-state index in [1.165, 1.54) is 37.4 Å². The van der Waals surface area contributed by atoms with Gasteiger partial charge in [0, 0.05) is 19.1 Å². The smallest absolute Gasteiger partial charge is 0.387 e. The molecule has 0 saturated carbocycles. The van der Waals surface area contributed by atoms with E-state index in [-0.39, 0.29) is 33.5 Å². The number of hydrogen-bond acceptors (Lipinski definition) is 7. The van der Waals surface area contributed by atoms with E-state index in [4.69, 9.17) is 4.74 Å². The molecule has 0 unspecified atom stereocenters. The Morgan fingerprint density at radius 1 is 0.964 bits per heavy atom. The highest BCUT2D eigenvalue weighted by molar-refractivity contribution is 7.91. The van der Waals surface area contributed by atoms with Crippen LogP contribution in [0.3, 0.4) is 0 Å². The standard InChI is InChI=1S/C17H19F2NO6S2/c1-25-15-8-11(4-7-14(15)26-17(18)19)10-20-13-6-5-12(27(2,21)22)9-16(13)28(3,23)24/h4-9,17,20H,10H2,1-3H3. The van der Waals surface area contributed by atoms with Gasteiger partial charge in [0.15, 0.2) is 31.2 Å². The zero-order chi connectivity index (χ0) is 21.1. The quantitative estimate of drug-likeness (QED) is 0.681. The van der Waals surface area contributed by atoms with Crippen molar-refractivity contribution in [1.29, 1.82) is 0 Å². The molecule has 0 aliphatic rings. The molecular formula is C17H19F2NO6S2. The summed E-state index contributed by atoms with van der Waals surface area (Å²) in [6, 6.07) is 8.04. The second-order valence-electron chi connectivity index (χ2n) is 5.92. The third kappa shape index (κ3) is 5.55. The Bertz CT molecular complexity index is 1070. The van der Waals surface area contributed by atoms with Crippen LogP contribution in [0, 0.1) is 0 Å². The Morgan fingerprint density at radius 3 is 2.18 bits per heavy atom. The summed E-state index contributed by atoms with van der Waals surface area (Å²) in [7, 11) is -5.98. The first kappa shape index (κ1) is 21.9. The second-order valence-corrected chi connectivity index (χ2v) is 9.92. The van der Waals surface area contributed by atoms with Crippen molar-refractivity contribution in [2.45, 2.75) is 22.9 Å². The van der Waals surface area contributed by atoms with Gasteiger partial charge in [0.2, 0.25) is 0 Å². The number of benzene rings is 2.